The largest absolute Gasteiger partial charge is 0.465 e. The predicted octanol–water partition coefficient (Wildman–Crippen LogP) is 3.41. The summed E-state index contributed by atoms with van der Waals surface area (Å²) in [6.45, 7) is 1.60. The minimum atomic E-state index is -0.629. The average Bonchev–Trinajstić information content (AvgIpc) is 3.18. The highest BCUT2D eigenvalue weighted by molar-refractivity contribution is 5.99. The maximum absolute atomic E-state index is 12.9. The maximum Gasteiger partial charge on any atom is 0.410 e. The van der Waals surface area contributed by atoms with Gasteiger partial charge in [0.05, 0.1) is 31.9 Å². The van der Waals surface area contributed by atoms with Gasteiger partial charge >= 0.3 is 24.1 Å². The van der Waals surface area contributed by atoms with Crippen molar-refractivity contribution < 1.29 is 33.4 Å². The Hall–Kier alpha value is -3.30. The van der Waals surface area contributed by atoms with Crippen LogP contribution in [0, 0.1) is 0 Å². The van der Waals surface area contributed by atoms with E-state index in [1.54, 1.807) is 4.90 Å². The van der Waals surface area contributed by atoms with E-state index in [0.29, 0.717) is 32.5 Å². The van der Waals surface area contributed by atoms with E-state index in [2.05, 4.69) is 5.32 Å². The zero-order chi connectivity index (χ0) is 24.3. The number of methoxy groups -OCH3 is 2. The van der Waals surface area contributed by atoms with Crippen LogP contribution in [0.25, 0.3) is 0 Å². The predicted molar refractivity (Wildman–Crippen MR) is 122 cm³/mol. The van der Waals surface area contributed by atoms with Crippen LogP contribution in [-0.4, -0.2) is 79.4 Å². The Morgan fingerprint density at radius 1 is 0.971 bits per heavy atom. The van der Waals surface area contributed by atoms with Crippen molar-refractivity contribution in [3.63, 3.8) is 0 Å². The average molecular weight is 474 g/mol. The third kappa shape index (κ3) is 4.95. The Kier molecular flexibility index (Phi) is 6.95. The molecule has 3 aliphatic rings. The van der Waals surface area contributed by atoms with Gasteiger partial charge < -0.3 is 29.3 Å². The standard InChI is InChI=1S/C24H31N3O7/c1-32-20(28)16-12-17(21(29)33-2)14-18(13-16)25-22(30)26-10-6-19(7-11-26)27-15-24(34-23(27)31)8-4-3-5-9-24/h12-14,19H,3-11,15H2,1-2H3,(H,25,30). The van der Waals surface area contributed by atoms with Gasteiger partial charge in [-0.3, -0.25) is 0 Å². The van der Waals surface area contributed by atoms with Crippen LogP contribution in [0.2, 0.25) is 0 Å². The van der Waals surface area contributed by atoms with Crippen molar-refractivity contribution in [2.24, 2.45) is 0 Å². The number of carbonyl (C=O) groups excluding carboxylic acids is 4. The van der Waals surface area contributed by atoms with Gasteiger partial charge in [0.25, 0.3) is 0 Å². The number of rotatable bonds is 4. The van der Waals surface area contributed by atoms with E-state index >= 15 is 0 Å². The SMILES string of the molecule is COC(=O)c1cc(NC(=O)N2CCC(N3CC4(CCCCC4)OC3=O)CC2)cc(C(=O)OC)c1. The van der Waals surface area contributed by atoms with Gasteiger partial charge in [0.15, 0.2) is 0 Å². The second kappa shape index (κ2) is 9.90. The zero-order valence-electron chi connectivity index (χ0n) is 19.6. The molecule has 1 aromatic rings. The van der Waals surface area contributed by atoms with Crippen molar-refractivity contribution in [1.82, 2.24) is 9.80 Å². The van der Waals surface area contributed by atoms with Crippen molar-refractivity contribution in [1.29, 1.82) is 0 Å². The Morgan fingerprint density at radius 2 is 1.56 bits per heavy atom. The number of benzene rings is 1. The number of anilines is 1. The van der Waals surface area contributed by atoms with Crippen LogP contribution >= 0.6 is 0 Å². The molecule has 4 rings (SSSR count). The van der Waals surface area contributed by atoms with Gasteiger partial charge in [-0.2, -0.15) is 0 Å². The Morgan fingerprint density at radius 3 is 2.12 bits per heavy atom. The minimum absolute atomic E-state index is 0.0476. The fourth-order valence-electron chi connectivity index (χ4n) is 5.14. The topological polar surface area (TPSA) is 114 Å². The molecule has 0 bridgehead atoms. The quantitative estimate of drug-likeness (QED) is 0.526. The zero-order valence-corrected chi connectivity index (χ0v) is 19.6. The molecule has 0 atom stereocenters. The first kappa shape index (κ1) is 23.8. The molecule has 1 aliphatic carbocycles. The van der Waals surface area contributed by atoms with Gasteiger partial charge in [-0.1, -0.05) is 6.42 Å². The van der Waals surface area contributed by atoms with Crippen molar-refractivity contribution in [3.8, 4) is 0 Å². The molecule has 10 heteroatoms. The number of nitrogens with zero attached hydrogens (tertiary/aromatic N) is 2. The lowest BCUT2D eigenvalue weighted by atomic mass is 9.84. The molecule has 184 valence electrons. The number of amides is 3. The van der Waals surface area contributed by atoms with Crippen molar-refractivity contribution in [2.75, 3.05) is 39.2 Å². The van der Waals surface area contributed by atoms with Gasteiger partial charge in [-0.15, -0.1) is 0 Å². The van der Waals surface area contributed by atoms with Crippen molar-refractivity contribution in [3.05, 3.63) is 29.3 Å². The van der Waals surface area contributed by atoms with E-state index in [-0.39, 0.29) is 40.6 Å². The van der Waals surface area contributed by atoms with E-state index in [1.807, 2.05) is 4.90 Å². The monoisotopic (exact) mass is 473 g/mol. The Bertz CT molecular complexity index is 931. The van der Waals surface area contributed by atoms with Crippen LogP contribution in [0.5, 0.6) is 0 Å². The molecule has 10 nitrogen and oxygen atoms in total. The molecule has 1 saturated carbocycles. The lowest BCUT2D eigenvalue weighted by Gasteiger charge is -2.36. The molecular weight excluding hydrogens is 442 g/mol. The lowest BCUT2D eigenvalue weighted by molar-refractivity contribution is 0.0259. The molecule has 3 fully saturated rings. The second-order valence-corrected chi connectivity index (χ2v) is 9.17. The van der Waals surface area contributed by atoms with Gasteiger partial charge in [-0.05, 0) is 56.7 Å². The van der Waals surface area contributed by atoms with E-state index in [4.69, 9.17) is 14.2 Å². The number of hydrogen-bond acceptors (Lipinski definition) is 7. The molecule has 1 spiro atoms. The summed E-state index contributed by atoms with van der Waals surface area (Å²) in [6.07, 6.45) is 6.31. The van der Waals surface area contributed by atoms with Crippen molar-refractivity contribution in [2.45, 2.75) is 56.6 Å². The fraction of sp³-hybridized carbons (Fsp3) is 0.583. The summed E-state index contributed by atoms with van der Waals surface area (Å²) in [6, 6.07) is 3.96. The fourth-order valence-corrected chi connectivity index (χ4v) is 5.14. The van der Waals surface area contributed by atoms with E-state index < -0.39 is 11.9 Å². The number of esters is 2. The molecule has 0 unspecified atom stereocenters. The molecule has 1 aromatic carbocycles. The third-order valence-corrected chi connectivity index (χ3v) is 6.98. The molecule has 0 aromatic heterocycles. The van der Waals surface area contributed by atoms with E-state index in [1.165, 1.54) is 38.8 Å². The first-order chi connectivity index (χ1) is 16.3. The highest BCUT2D eigenvalue weighted by Gasteiger charge is 2.48. The molecule has 2 saturated heterocycles. The molecule has 1 N–H and O–H groups in total. The van der Waals surface area contributed by atoms with Crippen LogP contribution in [0.15, 0.2) is 18.2 Å². The summed E-state index contributed by atoms with van der Waals surface area (Å²) in [4.78, 5) is 52.9. The maximum atomic E-state index is 12.9. The van der Waals surface area contributed by atoms with Gasteiger partial charge in [0.1, 0.15) is 5.60 Å². The first-order valence-corrected chi connectivity index (χ1v) is 11.7. The molecule has 2 aliphatic heterocycles. The van der Waals surface area contributed by atoms with Gasteiger partial charge in [-0.25, -0.2) is 19.2 Å². The number of piperidine rings is 1. The number of hydrogen-bond donors (Lipinski definition) is 1. The lowest BCUT2D eigenvalue weighted by Crippen LogP contribution is -2.49. The highest BCUT2D eigenvalue weighted by Crippen LogP contribution is 2.38. The normalized spacial score (nSPS) is 20.1. The molecular formula is C24H31N3O7. The van der Waals surface area contributed by atoms with Crippen LogP contribution < -0.4 is 5.32 Å². The minimum Gasteiger partial charge on any atom is -0.465 e. The summed E-state index contributed by atoms with van der Waals surface area (Å²) in [5, 5.41) is 2.76. The number of ether oxygens (including phenoxy) is 3. The first-order valence-electron chi connectivity index (χ1n) is 11.7. The van der Waals surface area contributed by atoms with Crippen LogP contribution in [0.3, 0.4) is 0 Å². The van der Waals surface area contributed by atoms with E-state index in [0.717, 1.165) is 25.7 Å². The third-order valence-electron chi connectivity index (χ3n) is 6.98. The van der Waals surface area contributed by atoms with Crippen molar-refractivity contribution >= 4 is 29.8 Å². The van der Waals surface area contributed by atoms with E-state index in [9.17, 15) is 19.2 Å². The summed E-state index contributed by atoms with van der Waals surface area (Å²) >= 11 is 0. The van der Waals surface area contributed by atoms with Gasteiger partial charge in [0.2, 0.25) is 0 Å². The Labute approximate surface area is 198 Å². The molecule has 34 heavy (non-hydrogen) atoms. The number of carbonyl (C=O) groups is 4. The summed E-state index contributed by atoms with van der Waals surface area (Å²) in [5.41, 5.74) is 0.219. The smallest absolute Gasteiger partial charge is 0.410 e. The van der Waals surface area contributed by atoms with Crippen LogP contribution in [0.1, 0.15) is 65.7 Å². The highest BCUT2D eigenvalue weighted by atomic mass is 16.6. The van der Waals surface area contributed by atoms with Gasteiger partial charge in [0, 0.05) is 24.8 Å². The second-order valence-electron chi connectivity index (χ2n) is 9.17. The molecule has 3 amide bonds. The summed E-state index contributed by atoms with van der Waals surface area (Å²) < 4.78 is 15.3. The summed E-state index contributed by atoms with van der Waals surface area (Å²) in [7, 11) is 2.48. The van der Waals surface area contributed by atoms with Crippen LogP contribution in [0.4, 0.5) is 15.3 Å². The Balaban J connectivity index is 1.37. The number of nitrogens with one attached hydrogen (secondary N) is 1. The summed E-state index contributed by atoms with van der Waals surface area (Å²) in [5.74, 6) is -1.26. The molecule has 2 heterocycles. The number of urea groups is 1. The molecule has 0 radical (unpaired) electrons. The van der Waals surface area contributed by atoms with Crippen LogP contribution in [-0.2, 0) is 14.2 Å². The number of likely N-dealkylation sites (tertiary alicyclic amines) is 1.